The summed E-state index contributed by atoms with van der Waals surface area (Å²) in [6.07, 6.45) is 9.00. The number of imidazole rings is 1. The maximum atomic E-state index is 14.3. The lowest BCUT2D eigenvalue weighted by Gasteiger charge is -2.24. The van der Waals surface area contributed by atoms with Crippen LogP contribution >= 0.6 is 11.3 Å². The summed E-state index contributed by atoms with van der Waals surface area (Å²) in [5.41, 5.74) is 2.37. The van der Waals surface area contributed by atoms with Crippen LogP contribution in [-0.4, -0.2) is 20.4 Å². The Morgan fingerprint density at radius 1 is 1.25 bits per heavy atom. The molecule has 1 fully saturated rings. The number of nitrogens with one attached hydrogen (secondary N) is 1. The Bertz CT molecular complexity index is 877. The van der Waals surface area contributed by atoms with Crippen molar-refractivity contribution in [3.8, 4) is 11.3 Å². The van der Waals surface area contributed by atoms with Crippen molar-refractivity contribution in [3.63, 3.8) is 0 Å². The number of nitrogens with zero attached hydrogens (tertiary/aromatic N) is 3. The first-order valence-electron chi connectivity index (χ1n) is 8.50. The predicted molar refractivity (Wildman–Crippen MR) is 96.2 cm³/mol. The van der Waals surface area contributed by atoms with Gasteiger partial charge in [0.05, 0.1) is 6.20 Å². The van der Waals surface area contributed by atoms with Crippen LogP contribution < -0.4 is 5.32 Å². The molecule has 0 saturated heterocycles. The molecule has 3 aromatic rings. The van der Waals surface area contributed by atoms with Crippen LogP contribution in [0.15, 0.2) is 18.5 Å². The summed E-state index contributed by atoms with van der Waals surface area (Å²) in [6, 6.07) is 2.14. The van der Waals surface area contributed by atoms with Crippen molar-refractivity contribution in [1.82, 2.24) is 14.4 Å². The Labute approximate surface area is 144 Å². The summed E-state index contributed by atoms with van der Waals surface area (Å²) in [5.74, 6) is 0.591. The normalized spacial score (nSPS) is 16.0. The van der Waals surface area contributed by atoms with Crippen LogP contribution in [0.2, 0.25) is 0 Å². The number of thiazole rings is 1. The molecular weight excluding hydrogens is 323 g/mol. The zero-order chi connectivity index (χ0) is 16.7. The molecular formula is C18H21FN4S. The number of pyridine rings is 1. The summed E-state index contributed by atoms with van der Waals surface area (Å²) < 4.78 is 16.5. The van der Waals surface area contributed by atoms with Gasteiger partial charge in [-0.2, -0.15) is 0 Å². The van der Waals surface area contributed by atoms with Crippen molar-refractivity contribution in [2.45, 2.75) is 52.0 Å². The van der Waals surface area contributed by atoms with Gasteiger partial charge in [-0.15, -0.1) is 11.3 Å². The third-order valence-corrected chi connectivity index (χ3v) is 5.97. The molecule has 4 rings (SSSR count). The predicted octanol–water partition coefficient (Wildman–Crippen LogP) is 4.96. The number of hydrogen-bond donors (Lipinski definition) is 1. The summed E-state index contributed by atoms with van der Waals surface area (Å²) in [6.45, 7) is 4.20. The highest BCUT2D eigenvalue weighted by molar-refractivity contribution is 7.17. The molecule has 126 valence electrons. The molecule has 0 unspecified atom stereocenters. The second-order valence-corrected chi connectivity index (χ2v) is 7.69. The highest BCUT2D eigenvalue weighted by Gasteiger charge is 2.23. The van der Waals surface area contributed by atoms with Gasteiger partial charge in [-0.3, -0.25) is 9.38 Å². The Morgan fingerprint density at radius 2 is 2.04 bits per heavy atom. The number of aromatic nitrogens is 3. The molecule has 1 aliphatic carbocycles. The molecule has 0 spiro atoms. The van der Waals surface area contributed by atoms with Crippen LogP contribution in [0, 0.1) is 19.7 Å². The quantitative estimate of drug-likeness (QED) is 0.730. The molecule has 0 amide bonds. The van der Waals surface area contributed by atoms with Crippen molar-refractivity contribution in [3.05, 3.63) is 34.8 Å². The van der Waals surface area contributed by atoms with Gasteiger partial charge < -0.3 is 5.32 Å². The van der Waals surface area contributed by atoms with Gasteiger partial charge in [0.1, 0.15) is 11.5 Å². The second kappa shape index (κ2) is 6.16. The Morgan fingerprint density at radius 3 is 2.79 bits per heavy atom. The van der Waals surface area contributed by atoms with Crippen LogP contribution in [0.25, 0.3) is 16.2 Å². The average Bonchev–Trinajstić information content (AvgIpc) is 3.06. The lowest BCUT2D eigenvalue weighted by Crippen LogP contribution is -2.23. The zero-order valence-electron chi connectivity index (χ0n) is 14.0. The molecule has 3 heterocycles. The van der Waals surface area contributed by atoms with Crippen molar-refractivity contribution in [2.24, 2.45) is 0 Å². The summed E-state index contributed by atoms with van der Waals surface area (Å²) in [5, 5.41) is 3.67. The van der Waals surface area contributed by atoms with E-state index < -0.39 is 0 Å². The van der Waals surface area contributed by atoms with Gasteiger partial charge >= 0.3 is 0 Å². The Kier molecular flexibility index (Phi) is 4.00. The van der Waals surface area contributed by atoms with E-state index in [1.165, 1.54) is 36.0 Å². The fourth-order valence-corrected chi connectivity index (χ4v) is 4.45. The van der Waals surface area contributed by atoms with Gasteiger partial charge in [0.25, 0.3) is 0 Å². The van der Waals surface area contributed by atoms with Crippen molar-refractivity contribution >= 4 is 22.1 Å². The SMILES string of the molecule is Cc1sc2nc(-c3ccncc3F)c(NC3CCCCC3)n2c1C. The van der Waals surface area contributed by atoms with Crippen molar-refractivity contribution in [1.29, 1.82) is 0 Å². The molecule has 1 N–H and O–H groups in total. The van der Waals surface area contributed by atoms with E-state index in [2.05, 4.69) is 28.5 Å². The zero-order valence-corrected chi connectivity index (χ0v) is 14.8. The minimum atomic E-state index is -0.329. The van der Waals surface area contributed by atoms with Crippen LogP contribution in [-0.2, 0) is 0 Å². The number of rotatable bonds is 3. The first-order chi connectivity index (χ1) is 11.6. The minimum Gasteiger partial charge on any atom is -0.367 e. The highest BCUT2D eigenvalue weighted by atomic mass is 32.1. The van der Waals surface area contributed by atoms with E-state index in [0.29, 0.717) is 17.3 Å². The number of halogens is 1. The van der Waals surface area contributed by atoms with Crippen LogP contribution in [0.4, 0.5) is 10.2 Å². The van der Waals surface area contributed by atoms with Gasteiger partial charge in [-0.25, -0.2) is 9.37 Å². The van der Waals surface area contributed by atoms with Gasteiger partial charge in [0, 0.05) is 28.4 Å². The molecule has 24 heavy (non-hydrogen) atoms. The summed E-state index contributed by atoms with van der Waals surface area (Å²) in [7, 11) is 0. The van der Waals surface area contributed by atoms with E-state index in [1.54, 1.807) is 23.6 Å². The molecule has 0 radical (unpaired) electrons. The minimum absolute atomic E-state index is 0.329. The first kappa shape index (κ1) is 15.6. The van der Waals surface area contributed by atoms with Crippen LogP contribution in [0.5, 0.6) is 0 Å². The van der Waals surface area contributed by atoms with Gasteiger partial charge in [-0.1, -0.05) is 19.3 Å². The fourth-order valence-electron chi connectivity index (χ4n) is 3.48. The molecule has 4 nitrogen and oxygen atoms in total. The molecule has 0 aliphatic heterocycles. The van der Waals surface area contributed by atoms with E-state index in [9.17, 15) is 4.39 Å². The standard InChI is InChI=1S/C18H21FN4S/c1-11-12(2)24-18-22-16(14-8-9-20-10-15(14)19)17(23(11)18)21-13-6-4-3-5-7-13/h8-10,13,21H,3-7H2,1-2H3. The number of aryl methyl sites for hydroxylation is 2. The van der Waals surface area contributed by atoms with E-state index in [4.69, 9.17) is 4.98 Å². The van der Waals surface area contributed by atoms with Gasteiger partial charge in [0.15, 0.2) is 10.8 Å². The molecule has 0 atom stereocenters. The average molecular weight is 344 g/mol. The monoisotopic (exact) mass is 344 g/mol. The first-order valence-corrected chi connectivity index (χ1v) is 9.31. The van der Waals surface area contributed by atoms with E-state index >= 15 is 0 Å². The lowest BCUT2D eigenvalue weighted by atomic mass is 9.95. The highest BCUT2D eigenvalue weighted by Crippen LogP contribution is 2.36. The summed E-state index contributed by atoms with van der Waals surface area (Å²) >= 11 is 1.65. The number of hydrogen-bond acceptors (Lipinski definition) is 4. The number of fused-ring (bicyclic) bond motifs is 1. The van der Waals surface area contributed by atoms with Crippen molar-refractivity contribution in [2.75, 3.05) is 5.32 Å². The fraction of sp³-hybridized carbons (Fsp3) is 0.444. The maximum absolute atomic E-state index is 14.3. The Hall–Kier alpha value is -1.95. The summed E-state index contributed by atoms with van der Waals surface area (Å²) in [4.78, 5) is 10.8. The number of anilines is 1. The third kappa shape index (κ3) is 2.59. The molecule has 1 aliphatic rings. The van der Waals surface area contributed by atoms with Gasteiger partial charge in [-0.05, 0) is 32.8 Å². The topological polar surface area (TPSA) is 42.2 Å². The second-order valence-electron chi connectivity index (χ2n) is 6.51. The van der Waals surface area contributed by atoms with E-state index in [0.717, 1.165) is 23.6 Å². The van der Waals surface area contributed by atoms with Crippen LogP contribution in [0.3, 0.4) is 0 Å². The van der Waals surface area contributed by atoms with Crippen LogP contribution in [0.1, 0.15) is 42.7 Å². The van der Waals surface area contributed by atoms with E-state index in [1.807, 2.05) is 0 Å². The molecule has 0 bridgehead atoms. The molecule has 3 aromatic heterocycles. The Balaban J connectivity index is 1.86. The van der Waals surface area contributed by atoms with Crippen molar-refractivity contribution < 1.29 is 4.39 Å². The van der Waals surface area contributed by atoms with Gasteiger partial charge in [0.2, 0.25) is 0 Å². The smallest absolute Gasteiger partial charge is 0.196 e. The largest absolute Gasteiger partial charge is 0.367 e. The molecule has 0 aromatic carbocycles. The molecule has 6 heteroatoms. The third-order valence-electron chi connectivity index (χ3n) is 4.91. The lowest BCUT2D eigenvalue weighted by molar-refractivity contribution is 0.461. The maximum Gasteiger partial charge on any atom is 0.196 e. The molecule has 1 saturated carbocycles. The van der Waals surface area contributed by atoms with E-state index in [-0.39, 0.29) is 5.82 Å².